The van der Waals surface area contributed by atoms with Crippen LogP contribution in [0.1, 0.15) is 11.1 Å². The van der Waals surface area contributed by atoms with Crippen molar-refractivity contribution in [3.05, 3.63) is 53.9 Å². The molecule has 2 aromatic carbocycles. The summed E-state index contributed by atoms with van der Waals surface area (Å²) in [7, 11) is 4.19. The van der Waals surface area contributed by atoms with Gasteiger partial charge in [0.2, 0.25) is 0 Å². The van der Waals surface area contributed by atoms with Crippen molar-refractivity contribution in [1.82, 2.24) is 24.3 Å². The molecule has 7 heteroatoms. The lowest BCUT2D eigenvalue weighted by molar-refractivity contribution is 0.0365. The molecule has 1 aliphatic rings. The average Bonchev–Trinajstić information content (AvgIpc) is 3.29. The van der Waals surface area contributed by atoms with Crippen molar-refractivity contribution in [1.29, 1.82) is 0 Å². The van der Waals surface area contributed by atoms with Gasteiger partial charge in [-0.25, -0.2) is 9.97 Å². The molecule has 0 spiro atoms. The molecule has 2 aromatic heterocycles. The van der Waals surface area contributed by atoms with Crippen molar-refractivity contribution >= 4 is 27.6 Å². The van der Waals surface area contributed by atoms with Gasteiger partial charge in [0.25, 0.3) is 0 Å². The van der Waals surface area contributed by atoms with Gasteiger partial charge in [-0.3, -0.25) is 4.90 Å². The van der Waals surface area contributed by atoms with E-state index in [1.807, 2.05) is 6.33 Å². The number of hydrogen-bond donors (Lipinski definition) is 1. The molecule has 4 aromatic rings. The van der Waals surface area contributed by atoms with Crippen molar-refractivity contribution in [3.8, 4) is 11.3 Å². The van der Waals surface area contributed by atoms with E-state index in [-0.39, 0.29) is 0 Å². The molecule has 1 N–H and O–H groups in total. The van der Waals surface area contributed by atoms with E-state index in [1.165, 1.54) is 22.0 Å². The number of ether oxygens (including phenoxy) is 1. The summed E-state index contributed by atoms with van der Waals surface area (Å²) >= 11 is 0. The number of imidazole rings is 1. The number of anilines is 1. The first-order chi connectivity index (χ1) is 17.0. The van der Waals surface area contributed by atoms with Crippen LogP contribution < -0.4 is 5.32 Å². The second-order valence-electron chi connectivity index (χ2n) is 9.75. The number of pyridine rings is 1. The highest BCUT2D eigenvalue weighted by Gasteiger charge is 2.20. The van der Waals surface area contributed by atoms with Crippen LogP contribution in [-0.2, 0) is 11.3 Å². The van der Waals surface area contributed by atoms with Crippen molar-refractivity contribution in [2.24, 2.45) is 0 Å². The Bertz CT molecular complexity index is 1320. The molecule has 35 heavy (non-hydrogen) atoms. The fourth-order valence-corrected chi connectivity index (χ4v) is 4.91. The predicted molar refractivity (Wildman–Crippen MR) is 144 cm³/mol. The summed E-state index contributed by atoms with van der Waals surface area (Å²) < 4.78 is 7.86. The van der Waals surface area contributed by atoms with Gasteiger partial charge in [0.05, 0.1) is 30.6 Å². The van der Waals surface area contributed by atoms with Crippen LogP contribution in [0.3, 0.4) is 0 Å². The Morgan fingerprint density at radius 3 is 2.54 bits per heavy atom. The Hall–Kier alpha value is -3.00. The first kappa shape index (κ1) is 23.7. The van der Waals surface area contributed by atoms with Crippen LogP contribution in [0.2, 0.25) is 0 Å². The topological polar surface area (TPSA) is 58.5 Å². The zero-order valence-electron chi connectivity index (χ0n) is 21.3. The predicted octanol–water partition coefficient (Wildman–Crippen LogP) is 4.17. The number of aryl methyl sites for hydroxylation is 2. The van der Waals surface area contributed by atoms with E-state index in [2.05, 4.69) is 84.0 Å². The number of fused-ring (bicyclic) bond motifs is 3. The molecule has 5 rings (SSSR count). The molecule has 0 aliphatic carbocycles. The van der Waals surface area contributed by atoms with Gasteiger partial charge >= 0.3 is 0 Å². The number of hydrogen-bond acceptors (Lipinski definition) is 6. The summed E-state index contributed by atoms with van der Waals surface area (Å²) in [4.78, 5) is 14.9. The van der Waals surface area contributed by atoms with E-state index in [0.717, 1.165) is 80.5 Å². The Labute approximate surface area is 207 Å². The van der Waals surface area contributed by atoms with Gasteiger partial charge in [-0.2, -0.15) is 0 Å². The molecule has 1 fully saturated rings. The van der Waals surface area contributed by atoms with Gasteiger partial charge in [0.15, 0.2) is 0 Å². The monoisotopic (exact) mass is 472 g/mol. The summed E-state index contributed by atoms with van der Waals surface area (Å²) in [6, 6.07) is 12.8. The van der Waals surface area contributed by atoms with Crippen LogP contribution in [0.5, 0.6) is 0 Å². The maximum absolute atomic E-state index is 5.53. The van der Waals surface area contributed by atoms with Crippen LogP contribution in [-0.4, -0.2) is 84.4 Å². The third-order valence-corrected chi connectivity index (χ3v) is 6.93. The van der Waals surface area contributed by atoms with Crippen molar-refractivity contribution in [3.63, 3.8) is 0 Å². The minimum atomic E-state index is 0.817. The van der Waals surface area contributed by atoms with Crippen LogP contribution in [0.4, 0.5) is 5.69 Å². The molecule has 1 aliphatic heterocycles. The lowest BCUT2D eigenvalue weighted by Gasteiger charge is -2.26. The molecule has 1 saturated heterocycles. The molecule has 0 saturated carbocycles. The smallest absolute Gasteiger partial charge is 0.115 e. The Balaban J connectivity index is 1.63. The van der Waals surface area contributed by atoms with E-state index < -0.39 is 0 Å². The normalized spacial score (nSPS) is 14.9. The summed E-state index contributed by atoms with van der Waals surface area (Å²) in [5.74, 6) is 0. The molecule has 7 nitrogen and oxygen atoms in total. The van der Waals surface area contributed by atoms with E-state index >= 15 is 0 Å². The minimum absolute atomic E-state index is 0.817. The maximum Gasteiger partial charge on any atom is 0.115 e. The molecule has 184 valence electrons. The minimum Gasteiger partial charge on any atom is -0.383 e. The number of benzene rings is 2. The summed E-state index contributed by atoms with van der Waals surface area (Å²) in [6.45, 7) is 11.7. The third-order valence-electron chi connectivity index (χ3n) is 6.93. The van der Waals surface area contributed by atoms with Gasteiger partial charge in [-0.1, -0.05) is 30.3 Å². The van der Waals surface area contributed by atoms with Crippen molar-refractivity contribution in [2.75, 3.05) is 65.3 Å². The van der Waals surface area contributed by atoms with Gasteiger partial charge in [0.1, 0.15) is 11.2 Å². The van der Waals surface area contributed by atoms with E-state index in [4.69, 9.17) is 14.7 Å². The number of para-hydroxylation sites is 1. The molecule has 3 heterocycles. The third kappa shape index (κ3) is 4.89. The molecule has 0 radical (unpaired) electrons. The Kier molecular flexibility index (Phi) is 7.00. The first-order valence-electron chi connectivity index (χ1n) is 12.6. The van der Waals surface area contributed by atoms with Crippen LogP contribution >= 0.6 is 0 Å². The second kappa shape index (κ2) is 10.3. The fourth-order valence-electron chi connectivity index (χ4n) is 4.91. The van der Waals surface area contributed by atoms with Gasteiger partial charge in [0, 0.05) is 55.9 Å². The lowest BCUT2D eigenvalue weighted by atomic mass is 10.0. The van der Waals surface area contributed by atoms with Crippen molar-refractivity contribution in [2.45, 2.75) is 20.4 Å². The van der Waals surface area contributed by atoms with E-state index in [1.54, 1.807) is 0 Å². The van der Waals surface area contributed by atoms with E-state index in [0.29, 0.717) is 0 Å². The Morgan fingerprint density at radius 1 is 0.971 bits per heavy atom. The molecule has 0 unspecified atom stereocenters. The highest BCUT2D eigenvalue weighted by Crippen LogP contribution is 2.37. The van der Waals surface area contributed by atoms with Crippen LogP contribution in [0.15, 0.2) is 42.7 Å². The number of nitrogens with zero attached hydrogens (tertiary/aromatic N) is 5. The second-order valence-corrected chi connectivity index (χ2v) is 9.75. The Morgan fingerprint density at radius 2 is 1.74 bits per heavy atom. The summed E-state index contributed by atoms with van der Waals surface area (Å²) in [6.07, 6.45) is 2.00. The first-order valence-corrected chi connectivity index (χ1v) is 12.6. The zero-order chi connectivity index (χ0) is 24.4. The number of likely N-dealkylation sites (N-methyl/N-ethyl adjacent to an activating group) is 1. The van der Waals surface area contributed by atoms with Crippen LogP contribution in [0.25, 0.3) is 33.2 Å². The SMILES string of the molecule is Cc1ccc(C)c2c1nc(-c1ccccc1NCCN(C)C)c1ncn(CCN3CCOCC3)c12. The lowest BCUT2D eigenvalue weighted by Crippen LogP contribution is -2.38. The summed E-state index contributed by atoms with van der Waals surface area (Å²) in [5.41, 5.74) is 8.77. The van der Waals surface area contributed by atoms with E-state index in [9.17, 15) is 0 Å². The number of aromatic nitrogens is 3. The van der Waals surface area contributed by atoms with Gasteiger partial charge in [-0.05, 0) is 45.1 Å². The molecule has 0 amide bonds. The van der Waals surface area contributed by atoms with Gasteiger partial charge < -0.3 is 19.5 Å². The molecule has 0 atom stereocenters. The largest absolute Gasteiger partial charge is 0.383 e. The summed E-state index contributed by atoms with van der Waals surface area (Å²) in [5, 5.41) is 4.83. The standard InChI is InChI=1S/C28H36N6O/c1-20-9-10-21(2)25-24(20)28-27(30-19-34(28)14-13-33-15-17-35-18-16-33)26(31-25)22-7-5-6-8-23(22)29-11-12-32(3)4/h5-10,19,29H,11-18H2,1-4H3. The number of morpholine rings is 1. The van der Waals surface area contributed by atoms with Gasteiger partial charge in [-0.15, -0.1) is 0 Å². The highest BCUT2D eigenvalue weighted by atomic mass is 16.5. The fraction of sp³-hybridized carbons (Fsp3) is 0.429. The molecule has 0 bridgehead atoms. The highest BCUT2D eigenvalue weighted by molar-refractivity contribution is 6.10. The zero-order valence-corrected chi connectivity index (χ0v) is 21.3. The van der Waals surface area contributed by atoms with Crippen LogP contribution in [0, 0.1) is 13.8 Å². The number of rotatable bonds is 8. The quantitative estimate of drug-likeness (QED) is 0.415. The average molecular weight is 473 g/mol. The maximum atomic E-state index is 5.53. The molecular weight excluding hydrogens is 436 g/mol. The van der Waals surface area contributed by atoms with Crippen molar-refractivity contribution < 1.29 is 4.74 Å². The number of nitrogens with one attached hydrogen (secondary N) is 1. The molecular formula is C28H36N6O.